The molecule has 1 fully saturated rings. The number of benzene rings is 1. The maximum absolute atomic E-state index is 9.98. The van der Waals surface area contributed by atoms with Crippen molar-refractivity contribution < 1.29 is 14.6 Å². The molecule has 0 saturated carbocycles. The fraction of sp³-hybridized carbons (Fsp3) is 0.600. The monoisotopic (exact) mass is 297 g/mol. The van der Waals surface area contributed by atoms with E-state index in [9.17, 15) is 5.11 Å². The van der Waals surface area contributed by atoms with Crippen LogP contribution in [0.15, 0.2) is 12.1 Å². The van der Waals surface area contributed by atoms with Crippen molar-refractivity contribution in [1.82, 2.24) is 4.90 Å². The maximum atomic E-state index is 9.98. The van der Waals surface area contributed by atoms with Gasteiger partial charge in [0.05, 0.1) is 10.6 Å². The van der Waals surface area contributed by atoms with Crippen LogP contribution in [0.5, 0.6) is 11.5 Å². The van der Waals surface area contributed by atoms with Crippen LogP contribution in [0.2, 0.25) is 5.02 Å². The van der Waals surface area contributed by atoms with Crippen LogP contribution in [0.3, 0.4) is 0 Å². The van der Waals surface area contributed by atoms with Crippen LogP contribution in [-0.2, 0) is 6.54 Å². The third kappa shape index (κ3) is 3.03. The number of nitrogens with zero attached hydrogens (tertiary/aromatic N) is 1. The van der Waals surface area contributed by atoms with E-state index in [2.05, 4.69) is 4.90 Å². The Hall–Kier alpha value is -0.970. The number of likely N-dealkylation sites (tertiary alicyclic amines) is 1. The van der Waals surface area contributed by atoms with Gasteiger partial charge in [0.2, 0.25) is 0 Å². The summed E-state index contributed by atoms with van der Waals surface area (Å²) in [7, 11) is 0. The first kappa shape index (κ1) is 14.0. The van der Waals surface area contributed by atoms with Crippen LogP contribution >= 0.6 is 11.6 Å². The van der Waals surface area contributed by atoms with E-state index in [0.29, 0.717) is 24.0 Å². The van der Waals surface area contributed by atoms with E-state index in [1.54, 1.807) is 0 Å². The highest BCUT2D eigenvalue weighted by atomic mass is 35.5. The summed E-state index contributed by atoms with van der Waals surface area (Å²) in [5.41, 5.74) is 0.613. The molecule has 20 heavy (non-hydrogen) atoms. The van der Waals surface area contributed by atoms with Gasteiger partial charge < -0.3 is 14.6 Å². The van der Waals surface area contributed by atoms with Gasteiger partial charge in [0.25, 0.3) is 0 Å². The summed E-state index contributed by atoms with van der Waals surface area (Å²) in [6.45, 7) is 5.66. The van der Waals surface area contributed by atoms with Gasteiger partial charge in [-0.15, -0.1) is 0 Å². The average molecular weight is 298 g/mol. The molecule has 3 rings (SSSR count). The van der Waals surface area contributed by atoms with Crippen LogP contribution in [-0.4, -0.2) is 41.9 Å². The quantitative estimate of drug-likeness (QED) is 0.910. The van der Waals surface area contributed by atoms with Gasteiger partial charge in [-0.1, -0.05) is 11.6 Å². The fourth-order valence-corrected chi connectivity index (χ4v) is 2.99. The SMILES string of the molecule is CC1(O)CCN(Cc2cc(Cl)c3c(c2)OCCO3)CC1. The molecule has 1 N–H and O–H groups in total. The maximum Gasteiger partial charge on any atom is 0.179 e. The number of rotatable bonds is 2. The summed E-state index contributed by atoms with van der Waals surface area (Å²) in [6.07, 6.45) is 1.62. The molecule has 1 saturated heterocycles. The number of piperidine rings is 1. The Morgan fingerprint density at radius 1 is 1.25 bits per heavy atom. The first-order chi connectivity index (χ1) is 9.53. The molecule has 4 nitrogen and oxygen atoms in total. The summed E-state index contributed by atoms with van der Waals surface area (Å²) < 4.78 is 11.1. The Balaban J connectivity index is 1.70. The van der Waals surface area contributed by atoms with E-state index in [1.165, 1.54) is 0 Å². The van der Waals surface area contributed by atoms with E-state index in [1.807, 2.05) is 19.1 Å². The average Bonchev–Trinajstić information content (AvgIpc) is 2.41. The number of hydrogen-bond acceptors (Lipinski definition) is 4. The van der Waals surface area contributed by atoms with Gasteiger partial charge in [-0.05, 0) is 37.5 Å². The number of fused-ring (bicyclic) bond motifs is 1. The summed E-state index contributed by atoms with van der Waals surface area (Å²) in [6, 6.07) is 3.95. The topological polar surface area (TPSA) is 41.9 Å². The van der Waals surface area contributed by atoms with Crippen LogP contribution < -0.4 is 9.47 Å². The van der Waals surface area contributed by atoms with E-state index >= 15 is 0 Å². The van der Waals surface area contributed by atoms with Crippen LogP contribution in [0, 0.1) is 0 Å². The summed E-state index contributed by atoms with van der Waals surface area (Å²) in [4.78, 5) is 2.33. The molecule has 0 radical (unpaired) electrons. The highest BCUT2D eigenvalue weighted by Crippen LogP contribution is 2.38. The molecule has 2 heterocycles. The Morgan fingerprint density at radius 2 is 1.95 bits per heavy atom. The standard InChI is InChI=1S/C15H20ClNO3/c1-15(18)2-4-17(5-3-15)10-11-8-12(16)14-13(9-11)19-6-7-20-14/h8-9,18H,2-7,10H2,1H3. The lowest BCUT2D eigenvalue weighted by atomic mass is 9.93. The zero-order valence-corrected chi connectivity index (χ0v) is 12.4. The van der Waals surface area contributed by atoms with Crippen molar-refractivity contribution in [2.45, 2.75) is 31.9 Å². The van der Waals surface area contributed by atoms with Crippen molar-refractivity contribution in [3.8, 4) is 11.5 Å². The van der Waals surface area contributed by atoms with Crippen molar-refractivity contribution in [3.05, 3.63) is 22.7 Å². The predicted molar refractivity (Wildman–Crippen MR) is 77.6 cm³/mol. The van der Waals surface area contributed by atoms with E-state index in [-0.39, 0.29) is 0 Å². The Labute approximate surface area is 124 Å². The smallest absolute Gasteiger partial charge is 0.179 e. The van der Waals surface area contributed by atoms with E-state index < -0.39 is 5.60 Å². The normalized spacial score (nSPS) is 21.8. The molecule has 0 spiro atoms. The van der Waals surface area contributed by atoms with Gasteiger partial charge in [0.15, 0.2) is 11.5 Å². The zero-order valence-electron chi connectivity index (χ0n) is 11.7. The second-order valence-electron chi connectivity index (χ2n) is 5.87. The van der Waals surface area contributed by atoms with Gasteiger partial charge in [0.1, 0.15) is 13.2 Å². The molecule has 2 aliphatic heterocycles. The molecule has 5 heteroatoms. The van der Waals surface area contributed by atoms with E-state index in [4.69, 9.17) is 21.1 Å². The van der Waals surface area contributed by atoms with Crippen molar-refractivity contribution in [2.75, 3.05) is 26.3 Å². The number of hydrogen-bond donors (Lipinski definition) is 1. The lowest BCUT2D eigenvalue weighted by molar-refractivity contribution is -0.00732. The second kappa shape index (κ2) is 5.43. The Bertz CT molecular complexity index is 494. The van der Waals surface area contributed by atoms with Crippen molar-refractivity contribution >= 4 is 11.6 Å². The largest absolute Gasteiger partial charge is 0.486 e. The number of ether oxygens (including phenoxy) is 2. The minimum absolute atomic E-state index is 0.513. The molecule has 0 aromatic heterocycles. The van der Waals surface area contributed by atoms with Crippen LogP contribution in [0.25, 0.3) is 0 Å². The summed E-state index contributed by atoms with van der Waals surface area (Å²) >= 11 is 6.25. The first-order valence-corrected chi connectivity index (χ1v) is 7.44. The molecule has 0 bridgehead atoms. The molecule has 1 aromatic rings. The van der Waals surface area contributed by atoms with Gasteiger partial charge >= 0.3 is 0 Å². The number of halogens is 1. The third-order valence-electron chi connectivity index (χ3n) is 4.00. The molecule has 0 aliphatic carbocycles. The highest BCUT2D eigenvalue weighted by Gasteiger charge is 2.27. The Kier molecular flexibility index (Phi) is 3.80. The minimum atomic E-state index is -0.513. The fourth-order valence-electron chi connectivity index (χ4n) is 2.71. The molecule has 110 valence electrons. The van der Waals surface area contributed by atoms with Gasteiger partial charge in [-0.25, -0.2) is 0 Å². The van der Waals surface area contributed by atoms with Crippen LogP contribution in [0.4, 0.5) is 0 Å². The van der Waals surface area contributed by atoms with Crippen molar-refractivity contribution in [1.29, 1.82) is 0 Å². The lowest BCUT2D eigenvalue weighted by Crippen LogP contribution is -2.41. The van der Waals surface area contributed by atoms with Gasteiger partial charge in [-0.2, -0.15) is 0 Å². The predicted octanol–water partition coefficient (Wildman–Crippen LogP) is 2.46. The molecule has 0 unspecified atom stereocenters. The molecule has 0 amide bonds. The zero-order chi connectivity index (χ0) is 14.2. The molecular formula is C15H20ClNO3. The highest BCUT2D eigenvalue weighted by molar-refractivity contribution is 6.32. The summed E-state index contributed by atoms with van der Waals surface area (Å²) in [5, 5.41) is 10.6. The van der Waals surface area contributed by atoms with Crippen LogP contribution in [0.1, 0.15) is 25.3 Å². The summed E-state index contributed by atoms with van der Waals surface area (Å²) in [5.74, 6) is 1.39. The number of aliphatic hydroxyl groups is 1. The molecular weight excluding hydrogens is 278 g/mol. The van der Waals surface area contributed by atoms with Gasteiger partial charge in [0, 0.05) is 19.6 Å². The Morgan fingerprint density at radius 3 is 2.70 bits per heavy atom. The third-order valence-corrected chi connectivity index (χ3v) is 4.28. The first-order valence-electron chi connectivity index (χ1n) is 7.06. The van der Waals surface area contributed by atoms with Crippen molar-refractivity contribution in [3.63, 3.8) is 0 Å². The minimum Gasteiger partial charge on any atom is -0.486 e. The molecule has 0 atom stereocenters. The second-order valence-corrected chi connectivity index (χ2v) is 6.28. The van der Waals surface area contributed by atoms with Crippen molar-refractivity contribution in [2.24, 2.45) is 0 Å². The van der Waals surface area contributed by atoms with E-state index in [0.717, 1.165) is 43.8 Å². The molecule has 1 aromatic carbocycles. The van der Waals surface area contributed by atoms with Gasteiger partial charge in [-0.3, -0.25) is 4.90 Å². The molecule has 2 aliphatic rings. The lowest BCUT2D eigenvalue weighted by Gasteiger charge is -2.35.